The molecule has 0 fully saturated rings. The monoisotopic (exact) mass is 347 g/mol. The van der Waals surface area contributed by atoms with Crippen molar-refractivity contribution in [1.82, 2.24) is 0 Å². The number of hydrogen-bond acceptors (Lipinski definition) is 4. The number of carbonyl (C=O) groups excluding carboxylic acids is 2. The van der Waals surface area contributed by atoms with Gasteiger partial charge in [-0.05, 0) is 41.7 Å². The highest BCUT2D eigenvalue weighted by atomic mass is 16.5. The highest BCUT2D eigenvalue weighted by molar-refractivity contribution is 5.98. The lowest BCUT2D eigenvalue weighted by Gasteiger charge is -2.09. The fourth-order valence-electron chi connectivity index (χ4n) is 2.33. The van der Waals surface area contributed by atoms with Crippen LogP contribution in [0.15, 0.2) is 54.6 Å². The van der Waals surface area contributed by atoms with Crippen molar-refractivity contribution in [3.63, 3.8) is 0 Å². The fraction of sp³-hybridized carbons (Fsp3) is 0.227. The van der Waals surface area contributed by atoms with Gasteiger partial charge in [0.1, 0.15) is 0 Å². The first-order valence-corrected chi connectivity index (χ1v) is 8.51. The van der Waals surface area contributed by atoms with E-state index in [1.54, 1.807) is 42.5 Å². The maximum atomic E-state index is 12.1. The molecule has 0 N–H and O–H groups in total. The van der Waals surface area contributed by atoms with Crippen LogP contribution < -0.4 is 0 Å². The summed E-state index contributed by atoms with van der Waals surface area (Å²) in [6, 6.07) is 16.2. The summed E-state index contributed by atoms with van der Waals surface area (Å²) in [6.07, 6.45) is 3.88. The maximum absolute atomic E-state index is 12.1. The molecule has 4 heteroatoms. The first kappa shape index (κ1) is 19.1. The number of rotatable bonds is 7. The molecule has 1 atom stereocenters. The molecule has 0 aromatic heterocycles. The van der Waals surface area contributed by atoms with Crippen LogP contribution in [0.3, 0.4) is 0 Å². The largest absolute Gasteiger partial charge is 0.454 e. The zero-order valence-corrected chi connectivity index (χ0v) is 14.9. The average Bonchev–Trinajstić information content (AvgIpc) is 2.70. The second-order valence-corrected chi connectivity index (χ2v) is 6.03. The number of Topliss-reactive ketones (excluding diaryl/α,β-unsaturated/α-hetero) is 1. The minimum Gasteiger partial charge on any atom is -0.454 e. The first-order valence-electron chi connectivity index (χ1n) is 8.51. The summed E-state index contributed by atoms with van der Waals surface area (Å²) >= 11 is 0. The number of nitrogens with zero attached hydrogens (tertiary/aromatic N) is 1. The Morgan fingerprint density at radius 1 is 1.12 bits per heavy atom. The minimum atomic E-state index is -0.584. The van der Waals surface area contributed by atoms with Crippen LogP contribution in [0.4, 0.5) is 0 Å². The Labute approximate surface area is 153 Å². The predicted octanol–water partition coefficient (Wildman–Crippen LogP) is 4.51. The quantitative estimate of drug-likeness (QED) is 0.420. The van der Waals surface area contributed by atoms with Gasteiger partial charge in [0.15, 0.2) is 12.4 Å². The van der Waals surface area contributed by atoms with Crippen molar-refractivity contribution >= 4 is 17.8 Å². The van der Waals surface area contributed by atoms with Crippen LogP contribution in [0.2, 0.25) is 0 Å². The fourth-order valence-corrected chi connectivity index (χ4v) is 2.33. The maximum Gasteiger partial charge on any atom is 0.331 e. The Hall–Kier alpha value is -3.19. The van der Waals surface area contributed by atoms with Crippen LogP contribution in [-0.2, 0) is 9.53 Å². The highest BCUT2D eigenvalue weighted by Crippen LogP contribution is 2.19. The van der Waals surface area contributed by atoms with E-state index in [4.69, 9.17) is 10.00 Å². The number of carbonyl (C=O) groups is 2. The molecule has 0 saturated carbocycles. The molecule has 2 aromatic carbocycles. The number of ether oxygens (including phenoxy) is 1. The molecule has 2 rings (SSSR count). The van der Waals surface area contributed by atoms with E-state index in [1.165, 1.54) is 11.6 Å². The molecule has 0 amide bonds. The van der Waals surface area contributed by atoms with Crippen LogP contribution in [-0.4, -0.2) is 18.4 Å². The van der Waals surface area contributed by atoms with Crippen molar-refractivity contribution in [2.75, 3.05) is 6.61 Å². The van der Waals surface area contributed by atoms with Gasteiger partial charge in [0.2, 0.25) is 0 Å². The SMILES string of the molecule is CC[C@H](C)c1ccc(C(=O)COC(=O)/C=C/c2ccc(C#N)cc2)cc1. The van der Waals surface area contributed by atoms with Crippen LogP contribution in [0.25, 0.3) is 6.08 Å². The standard InChI is InChI=1S/C22H21NO3/c1-3-16(2)19-9-11-20(12-10-19)21(24)15-26-22(25)13-8-17-4-6-18(14-23)7-5-17/h4-13,16H,3,15H2,1-2H3/b13-8+/t16-/m0/s1. The molecule has 0 aliphatic rings. The molecular weight excluding hydrogens is 326 g/mol. The Kier molecular flexibility index (Phi) is 6.87. The van der Waals surface area contributed by atoms with E-state index >= 15 is 0 Å². The van der Waals surface area contributed by atoms with Gasteiger partial charge in [-0.2, -0.15) is 5.26 Å². The van der Waals surface area contributed by atoms with Crippen molar-refractivity contribution < 1.29 is 14.3 Å². The summed E-state index contributed by atoms with van der Waals surface area (Å²) in [6.45, 7) is 3.96. The van der Waals surface area contributed by atoms with Gasteiger partial charge in [-0.15, -0.1) is 0 Å². The summed E-state index contributed by atoms with van der Waals surface area (Å²) in [5, 5.41) is 8.74. The Balaban J connectivity index is 1.87. The van der Waals surface area contributed by atoms with Crippen molar-refractivity contribution in [2.45, 2.75) is 26.2 Å². The number of hydrogen-bond donors (Lipinski definition) is 0. The molecule has 0 spiro atoms. The number of benzene rings is 2. The second kappa shape index (κ2) is 9.33. The zero-order valence-electron chi connectivity index (χ0n) is 14.9. The van der Waals surface area contributed by atoms with E-state index in [0.29, 0.717) is 17.0 Å². The van der Waals surface area contributed by atoms with Crippen LogP contribution in [0.5, 0.6) is 0 Å². The number of nitriles is 1. The van der Waals surface area contributed by atoms with E-state index in [0.717, 1.165) is 12.0 Å². The molecule has 26 heavy (non-hydrogen) atoms. The minimum absolute atomic E-state index is 0.235. The van der Waals surface area contributed by atoms with E-state index in [2.05, 4.69) is 13.8 Å². The lowest BCUT2D eigenvalue weighted by molar-refractivity contribution is -0.136. The van der Waals surface area contributed by atoms with E-state index in [-0.39, 0.29) is 12.4 Å². The number of ketones is 1. The lowest BCUT2D eigenvalue weighted by Crippen LogP contribution is -2.12. The zero-order chi connectivity index (χ0) is 18.9. The van der Waals surface area contributed by atoms with Crippen molar-refractivity contribution in [3.8, 4) is 6.07 Å². The first-order chi connectivity index (χ1) is 12.5. The molecular formula is C22H21NO3. The average molecular weight is 347 g/mol. The molecule has 0 aliphatic carbocycles. The van der Waals surface area contributed by atoms with Crippen LogP contribution in [0, 0.1) is 11.3 Å². The molecule has 0 heterocycles. The van der Waals surface area contributed by atoms with Gasteiger partial charge in [0.05, 0.1) is 11.6 Å². The second-order valence-electron chi connectivity index (χ2n) is 6.03. The molecule has 0 saturated heterocycles. The Morgan fingerprint density at radius 2 is 1.77 bits per heavy atom. The highest BCUT2D eigenvalue weighted by Gasteiger charge is 2.10. The summed E-state index contributed by atoms with van der Waals surface area (Å²) in [7, 11) is 0. The molecule has 0 bridgehead atoms. The third-order valence-electron chi connectivity index (χ3n) is 4.21. The van der Waals surface area contributed by atoms with Gasteiger partial charge in [-0.25, -0.2) is 4.79 Å². The smallest absolute Gasteiger partial charge is 0.331 e. The van der Waals surface area contributed by atoms with Crippen molar-refractivity contribution in [2.24, 2.45) is 0 Å². The van der Waals surface area contributed by atoms with Gasteiger partial charge in [-0.1, -0.05) is 50.2 Å². The van der Waals surface area contributed by atoms with Gasteiger partial charge < -0.3 is 4.74 Å². The molecule has 2 aromatic rings. The summed E-state index contributed by atoms with van der Waals surface area (Å²) in [5.74, 6) is -0.371. The topological polar surface area (TPSA) is 67.2 Å². The predicted molar refractivity (Wildman–Crippen MR) is 101 cm³/mol. The van der Waals surface area contributed by atoms with E-state index < -0.39 is 5.97 Å². The molecule has 0 unspecified atom stereocenters. The van der Waals surface area contributed by atoms with Gasteiger partial charge in [0.25, 0.3) is 0 Å². The van der Waals surface area contributed by atoms with Gasteiger partial charge in [-0.3, -0.25) is 4.79 Å². The third-order valence-corrected chi connectivity index (χ3v) is 4.21. The van der Waals surface area contributed by atoms with Gasteiger partial charge in [0, 0.05) is 11.6 Å². The van der Waals surface area contributed by atoms with Gasteiger partial charge >= 0.3 is 5.97 Å². The Bertz CT molecular complexity index is 827. The molecule has 132 valence electrons. The molecule has 0 aliphatic heterocycles. The normalized spacial score (nSPS) is 11.7. The van der Waals surface area contributed by atoms with Crippen molar-refractivity contribution in [3.05, 3.63) is 76.9 Å². The Morgan fingerprint density at radius 3 is 2.35 bits per heavy atom. The summed E-state index contributed by atoms with van der Waals surface area (Å²) < 4.78 is 5.00. The lowest BCUT2D eigenvalue weighted by atomic mass is 9.97. The number of esters is 1. The van der Waals surface area contributed by atoms with Crippen molar-refractivity contribution in [1.29, 1.82) is 5.26 Å². The van der Waals surface area contributed by atoms with Crippen LogP contribution in [0.1, 0.15) is 53.2 Å². The van der Waals surface area contributed by atoms with E-state index in [1.807, 2.05) is 18.2 Å². The third kappa shape index (κ3) is 5.42. The molecule has 4 nitrogen and oxygen atoms in total. The summed E-state index contributed by atoms with van der Waals surface area (Å²) in [5.41, 5.74) is 3.04. The van der Waals surface area contributed by atoms with Crippen LogP contribution >= 0.6 is 0 Å². The van der Waals surface area contributed by atoms with E-state index in [9.17, 15) is 9.59 Å². The summed E-state index contributed by atoms with van der Waals surface area (Å²) in [4.78, 5) is 23.9. The molecule has 0 radical (unpaired) electrons.